The average Bonchev–Trinajstić information content (AvgIpc) is 2.30. The fraction of sp³-hybridized carbons (Fsp3) is 0.538. The molecule has 0 bridgehead atoms. The van der Waals surface area contributed by atoms with Crippen LogP contribution in [-0.2, 0) is 6.54 Å². The van der Waals surface area contributed by atoms with Gasteiger partial charge in [0.05, 0.1) is 13.2 Å². The average molecular weight is 223 g/mol. The highest BCUT2D eigenvalue weighted by Gasteiger charge is 2.09. The minimum absolute atomic E-state index is 0.656. The molecule has 0 saturated heterocycles. The fourth-order valence-electron chi connectivity index (χ4n) is 1.54. The van der Waals surface area contributed by atoms with Gasteiger partial charge >= 0.3 is 0 Å². The van der Waals surface area contributed by atoms with Gasteiger partial charge in [-0.05, 0) is 26.5 Å². The molecule has 3 nitrogen and oxygen atoms in total. The van der Waals surface area contributed by atoms with Gasteiger partial charge in [0.25, 0.3) is 0 Å². The third-order valence-corrected chi connectivity index (χ3v) is 2.21. The molecule has 0 atom stereocenters. The topological polar surface area (TPSA) is 30.5 Å². The van der Waals surface area contributed by atoms with Gasteiger partial charge < -0.3 is 14.8 Å². The Morgan fingerprint density at radius 3 is 2.44 bits per heavy atom. The van der Waals surface area contributed by atoms with Crippen LogP contribution in [0.2, 0.25) is 0 Å². The highest BCUT2D eigenvalue weighted by atomic mass is 16.5. The van der Waals surface area contributed by atoms with E-state index in [1.165, 1.54) is 0 Å². The molecule has 1 N–H and O–H groups in total. The summed E-state index contributed by atoms with van der Waals surface area (Å²) in [4.78, 5) is 0. The molecule has 3 heteroatoms. The van der Waals surface area contributed by atoms with Crippen LogP contribution in [0.3, 0.4) is 0 Å². The molecular weight excluding hydrogens is 202 g/mol. The second-order valence-electron chi connectivity index (χ2n) is 3.39. The fourth-order valence-corrected chi connectivity index (χ4v) is 1.54. The predicted molar refractivity (Wildman–Crippen MR) is 66.2 cm³/mol. The van der Waals surface area contributed by atoms with Crippen molar-refractivity contribution in [3.63, 3.8) is 0 Å². The first-order valence-corrected chi connectivity index (χ1v) is 5.91. The van der Waals surface area contributed by atoms with Gasteiger partial charge in [0.1, 0.15) is 0 Å². The van der Waals surface area contributed by atoms with Crippen LogP contribution in [0.4, 0.5) is 0 Å². The van der Waals surface area contributed by atoms with Crippen molar-refractivity contribution in [3.8, 4) is 11.5 Å². The van der Waals surface area contributed by atoms with Crippen LogP contribution < -0.4 is 14.8 Å². The zero-order valence-corrected chi connectivity index (χ0v) is 10.4. The number of hydrogen-bond acceptors (Lipinski definition) is 3. The Labute approximate surface area is 97.8 Å². The number of rotatable bonds is 7. The van der Waals surface area contributed by atoms with Crippen LogP contribution >= 0.6 is 0 Å². The minimum atomic E-state index is 0.656. The minimum Gasteiger partial charge on any atom is -0.490 e. The molecule has 90 valence electrons. The van der Waals surface area contributed by atoms with Gasteiger partial charge in [-0.2, -0.15) is 0 Å². The molecule has 0 aliphatic heterocycles. The van der Waals surface area contributed by atoms with E-state index in [1.807, 2.05) is 26.0 Å². The number of ether oxygens (including phenoxy) is 2. The third kappa shape index (κ3) is 3.42. The lowest BCUT2D eigenvalue weighted by atomic mass is 10.2. The third-order valence-electron chi connectivity index (χ3n) is 2.21. The van der Waals surface area contributed by atoms with E-state index in [9.17, 15) is 0 Å². The molecule has 0 fully saturated rings. The second kappa shape index (κ2) is 7.12. The Morgan fingerprint density at radius 2 is 1.81 bits per heavy atom. The van der Waals surface area contributed by atoms with E-state index in [0.717, 1.165) is 30.2 Å². The van der Waals surface area contributed by atoms with Crippen molar-refractivity contribution >= 4 is 0 Å². The molecule has 1 aromatic rings. The summed E-state index contributed by atoms with van der Waals surface area (Å²) in [7, 11) is 0. The molecule has 0 unspecified atom stereocenters. The van der Waals surface area contributed by atoms with Crippen molar-refractivity contribution in [1.29, 1.82) is 0 Å². The van der Waals surface area contributed by atoms with E-state index in [4.69, 9.17) is 9.47 Å². The smallest absolute Gasteiger partial charge is 0.165 e. The van der Waals surface area contributed by atoms with E-state index in [0.29, 0.717) is 13.2 Å². The highest BCUT2D eigenvalue weighted by molar-refractivity contribution is 5.46. The lowest BCUT2D eigenvalue weighted by molar-refractivity contribution is 0.285. The molecule has 0 radical (unpaired) electrons. The first kappa shape index (κ1) is 12.8. The molecule has 0 spiro atoms. The van der Waals surface area contributed by atoms with Gasteiger partial charge in [0, 0.05) is 12.1 Å². The Bertz CT molecular complexity index is 313. The molecule has 1 aromatic carbocycles. The van der Waals surface area contributed by atoms with Gasteiger partial charge in [-0.25, -0.2) is 0 Å². The van der Waals surface area contributed by atoms with Gasteiger partial charge in [-0.1, -0.05) is 19.1 Å². The Morgan fingerprint density at radius 1 is 1.06 bits per heavy atom. The predicted octanol–water partition coefficient (Wildman–Crippen LogP) is 2.59. The van der Waals surface area contributed by atoms with Crippen LogP contribution in [-0.4, -0.2) is 19.8 Å². The van der Waals surface area contributed by atoms with Crippen molar-refractivity contribution in [2.24, 2.45) is 0 Å². The van der Waals surface area contributed by atoms with Crippen LogP contribution in [0, 0.1) is 0 Å². The first-order chi connectivity index (χ1) is 7.83. The van der Waals surface area contributed by atoms with Crippen molar-refractivity contribution in [2.75, 3.05) is 19.8 Å². The zero-order valence-electron chi connectivity index (χ0n) is 10.4. The van der Waals surface area contributed by atoms with E-state index in [1.54, 1.807) is 0 Å². The maximum atomic E-state index is 5.65. The largest absolute Gasteiger partial charge is 0.490 e. The van der Waals surface area contributed by atoms with E-state index in [-0.39, 0.29) is 0 Å². The number of para-hydroxylation sites is 1. The summed E-state index contributed by atoms with van der Waals surface area (Å²) in [5.74, 6) is 1.70. The van der Waals surface area contributed by atoms with Gasteiger partial charge in [-0.3, -0.25) is 0 Å². The van der Waals surface area contributed by atoms with E-state index < -0.39 is 0 Å². The Balaban J connectivity index is 2.90. The summed E-state index contributed by atoms with van der Waals surface area (Å²) in [5.41, 5.74) is 1.15. The monoisotopic (exact) mass is 223 g/mol. The van der Waals surface area contributed by atoms with Crippen LogP contribution in [0.25, 0.3) is 0 Å². The van der Waals surface area contributed by atoms with Crippen molar-refractivity contribution < 1.29 is 9.47 Å². The molecule has 0 aromatic heterocycles. The molecule has 0 saturated carbocycles. The molecule has 0 amide bonds. The number of hydrogen-bond donors (Lipinski definition) is 1. The Kier molecular flexibility index (Phi) is 5.72. The summed E-state index contributed by atoms with van der Waals surface area (Å²) in [5, 5.41) is 3.30. The lowest BCUT2D eigenvalue weighted by Gasteiger charge is -2.15. The van der Waals surface area contributed by atoms with Crippen LogP contribution in [0.5, 0.6) is 11.5 Å². The molecule has 16 heavy (non-hydrogen) atoms. The molecular formula is C13H21NO2. The summed E-state index contributed by atoms with van der Waals surface area (Å²) < 4.78 is 11.2. The summed E-state index contributed by atoms with van der Waals surface area (Å²) in [6.07, 6.45) is 0. The van der Waals surface area contributed by atoms with Gasteiger partial charge in [0.15, 0.2) is 11.5 Å². The molecule has 0 aliphatic rings. The standard InChI is InChI=1S/C13H21NO2/c1-4-14-10-11-8-7-9-12(15-5-2)13(11)16-6-3/h7-9,14H,4-6,10H2,1-3H3. The zero-order chi connectivity index (χ0) is 11.8. The maximum Gasteiger partial charge on any atom is 0.165 e. The SMILES string of the molecule is CCNCc1cccc(OCC)c1OCC. The summed E-state index contributed by atoms with van der Waals surface area (Å²) >= 11 is 0. The van der Waals surface area contributed by atoms with Crippen LogP contribution in [0.1, 0.15) is 26.3 Å². The summed E-state index contributed by atoms with van der Waals surface area (Å²) in [6, 6.07) is 6.01. The lowest BCUT2D eigenvalue weighted by Crippen LogP contribution is -2.13. The number of nitrogens with one attached hydrogen (secondary N) is 1. The van der Waals surface area contributed by atoms with E-state index >= 15 is 0 Å². The molecule has 0 aliphatic carbocycles. The normalized spacial score (nSPS) is 10.2. The van der Waals surface area contributed by atoms with E-state index in [2.05, 4.69) is 18.3 Å². The maximum absolute atomic E-state index is 5.65. The van der Waals surface area contributed by atoms with Crippen molar-refractivity contribution in [3.05, 3.63) is 23.8 Å². The highest BCUT2D eigenvalue weighted by Crippen LogP contribution is 2.31. The van der Waals surface area contributed by atoms with Gasteiger partial charge in [0.2, 0.25) is 0 Å². The van der Waals surface area contributed by atoms with Crippen molar-refractivity contribution in [1.82, 2.24) is 5.32 Å². The molecule has 0 heterocycles. The quantitative estimate of drug-likeness (QED) is 0.770. The summed E-state index contributed by atoms with van der Waals surface area (Å²) in [6.45, 7) is 9.13. The van der Waals surface area contributed by atoms with Crippen LogP contribution in [0.15, 0.2) is 18.2 Å². The molecule has 1 rings (SSSR count). The second-order valence-corrected chi connectivity index (χ2v) is 3.39. The first-order valence-electron chi connectivity index (χ1n) is 5.91. The Hall–Kier alpha value is -1.22. The number of benzene rings is 1. The van der Waals surface area contributed by atoms with Crippen molar-refractivity contribution in [2.45, 2.75) is 27.3 Å². The van der Waals surface area contributed by atoms with Gasteiger partial charge in [-0.15, -0.1) is 0 Å².